The van der Waals surface area contributed by atoms with E-state index in [2.05, 4.69) is 10.0 Å². The summed E-state index contributed by atoms with van der Waals surface area (Å²) in [6, 6.07) is 3.59. The van der Waals surface area contributed by atoms with Gasteiger partial charge < -0.3 is 5.32 Å². The van der Waals surface area contributed by atoms with Crippen molar-refractivity contribution in [3.05, 3.63) is 24.0 Å². The van der Waals surface area contributed by atoms with Crippen molar-refractivity contribution in [2.24, 2.45) is 0 Å². The lowest BCUT2D eigenvalue weighted by Gasteiger charge is -2.09. The molecule has 0 aliphatic carbocycles. The van der Waals surface area contributed by atoms with Crippen molar-refractivity contribution < 1.29 is 17.6 Å². The van der Waals surface area contributed by atoms with E-state index in [1.165, 1.54) is 19.1 Å². The molecule has 0 spiro atoms. The van der Waals surface area contributed by atoms with Crippen molar-refractivity contribution in [3.8, 4) is 0 Å². The van der Waals surface area contributed by atoms with Crippen LogP contribution in [0.2, 0.25) is 0 Å². The van der Waals surface area contributed by atoms with E-state index in [9.17, 15) is 17.6 Å². The van der Waals surface area contributed by atoms with Gasteiger partial charge in [-0.05, 0) is 18.2 Å². The summed E-state index contributed by atoms with van der Waals surface area (Å²) in [6.45, 7) is 1.29. The van der Waals surface area contributed by atoms with Crippen LogP contribution in [0.25, 0.3) is 0 Å². The van der Waals surface area contributed by atoms with Crippen LogP contribution < -0.4 is 10.0 Å². The molecule has 0 bridgehead atoms. The molecule has 1 aromatic carbocycles. The van der Waals surface area contributed by atoms with Crippen LogP contribution in [-0.4, -0.2) is 26.0 Å². The van der Waals surface area contributed by atoms with Gasteiger partial charge in [-0.15, -0.1) is 11.6 Å². The Balaban J connectivity index is 2.98. The Hall–Kier alpha value is -1.34. The molecule has 100 valence electrons. The van der Waals surface area contributed by atoms with Crippen LogP contribution in [0.5, 0.6) is 0 Å². The molecule has 0 aromatic heterocycles. The lowest BCUT2D eigenvalue weighted by Crippen LogP contribution is -2.18. The van der Waals surface area contributed by atoms with Gasteiger partial charge in [0.25, 0.3) is 0 Å². The van der Waals surface area contributed by atoms with Crippen molar-refractivity contribution in [3.63, 3.8) is 0 Å². The van der Waals surface area contributed by atoms with Gasteiger partial charge in [0.1, 0.15) is 5.82 Å². The van der Waals surface area contributed by atoms with Crippen molar-refractivity contribution in [2.75, 3.05) is 21.7 Å². The van der Waals surface area contributed by atoms with E-state index in [0.29, 0.717) is 5.69 Å². The van der Waals surface area contributed by atoms with Gasteiger partial charge in [0.15, 0.2) is 0 Å². The Labute approximate surface area is 109 Å². The molecule has 1 amide bonds. The normalized spacial score (nSPS) is 11.1. The minimum absolute atomic E-state index is 0.0949. The number of amides is 1. The smallest absolute Gasteiger partial charge is 0.233 e. The maximum Gasteiger partial charge on any atom is 0.233 e. The minimum atomic E-state index is -3.69. The molecule has 18 heavy (non-hydrogen) atoms. The Kier molecular flexibility index (Phi) is 4.92. The predicted octanol–water partition coefficient (Wildman–Crippen LogP) is 1.76. The zero-order valence-corrected chi connectivity index (χ0v) is 11.1. The van der Waals surface area contributed by atoms with E-state index >= 15 is 0 Å². The standard InChI is InChI=1S/C10H12ClFN2O3S/c1-7(15)13-8-2-3-9(12)10(6-8)14-18(16,17)5-4-11/h2-3,6,14H,4-5H2,1H3,(H,13,15). The molecular weight excluding hydrogens is 283 g/mol. The molecule has 1 aromatic rings. The van der Waals surface area contributed by atoms with Crippen molar-refractivity contribution in [1.29, 1.82) is 0 Å². The quantitative estimate of drug-likeness (QED) is 0.813. The lowest BCUT2D eigenvalue weighted by atomic mass is 10.2. The molecule has 5 nitrogen and oxygen atoms in total. The molecule has 1 rings (SSSR count). The number of halogens is 2. The van der Waals surface area contributed by atoms with E-state index in [0.717, 1.165) is 6.07 Å². The second-order valence-corrected chi connectivity index (χ2v) is 5.71. The Morgan fingerprint density at radius 3 is 2.67 bits per heavy atom. The van der Waals surface area contributed by atoms with Gasteiger partial charge in [-0.1, -0.05) is 0 Å². The average molecular weight is 295 g/mol. The van der Waals surface area contributed by atoms with Crippen LogP contribution in [0, 0.1) is 5.82 Å². The fourth-order valence-electron chi connectivity index (χ4n) is 1.20. The molecule has 0 aliphatic rings. The highest BCUT2D eigenvalue weighted by Crippen LogP contribution is 2.20. The van der Waals surface area contributed by atoms with Crippen molar-refractivity contribution >= 4 is 38.9 Å². The molecule has 0 unspecified atom stereocenters. The third-order valence-corrected chi connectivity index (χ3v) is 3.58. The summed E-state index contributed by atoms with van der Waals surface area (Å²) >= 11 is 5.32. The first-order chi connectivity index (χ1) is 8.34. The second-order valence-electron chi connectivity index (χ2n) is 3.49. The number of rotatable bonds is 5. The molecule has 0 atom stereocenters. The first-order valence-corrected chi connectivity index (χ1v) is 7.16. The van der Waals surface area contributed by atoms with Crippen LogP contribution in [0.15, 0.2) is 18.2 Å². The van der Waals surface area contributed by atoms with Crippen molar-refractivity contribution in [1.82, 2.24) is 0 Å². The number of carbonyl (C=O) groups is 1. The van der Waals surface area contributed by atoms with Gasteiger partial charge in [0.05, 0.1) is 11.4 Å². The molecule has 0 radical (unpaired) electrons. The van der Waals surface area contributed by atoms with Gasteiger partial charge >= 0.3 is 0 Å². The fourth-order valence-corrected chi connectivity index (χ4v) is 2.61. The SMILES string of the molecule is CC(=O)Nc1ccc(F)c(NS(=O)(=O)CCCl)c1. The van der Waals surface area contributed by atoms with Crippen LogP contribution in [0.1, 0.15) is 6.92 Å². The van der Waals surface area contributed by atoms with E-state index in [-0.39, 0.29) is 23.2 Å². The number of hydrogen-bond acceptors (Lipinski definition) is 3. The Bertz CT molecular complexity index is 548. The van der Waals surface area contributed by atoms with Gasteiger partial charge in [0.2, 0.25) is 15.9 Å². The summed E-state index contributed by atoms with van der Waals surface area (Å²) in [7, 11) is -3.69. The Morgan fingerprint density at radius 2 is 2.11 bits per heavy atom. The molecule has 0 saturated heterocycles. The maximum atomic E-state index is 13.4. The van der Waals surface area contributed by atoms with E-state index in [4.69, 9.17) is 11.6 Å². The molecule has 0 saturated carbocycles. The third-order valence-electron chi connectivity index (χ3n) is 1.90. The first-order valence-electron chi connectivity index (χ1n) is 4.97. The average Bonchev–Trinajstić information content (AvgIpc) is 2.21. The van der Waals surface area contributed by atoms with E-state index < -0.39 is 15.8 Å². The lowest BCUT2D eigenvalue weighted by molar-refractivity contribution is -0.114. The first kappa shape index (κ1) is 14.7. The number of benzene rings is 1. The van der Waals surface area contributed by atoms with Gasteiger partial charge in [-0.2, -0.15) is 0 Å². The van der Waals surface area contributed by atoms with Crippen LogP contribution in [0.3, 0.4) is 0 Å². The summed E-state index contributed by atoms with van der Waals surface area (Å²) in [5.74, 6) is -1.49. The van der Waals surface area contributed by atoms with Crippen LogP contribution in [-0.2, 0) is 14.8 Å². The minimum Gasteiger partial charge on any atom is -0.326 e. The van der Waals surface area contributed by atoms with Gasteiger partial charge in [-0.25, -0.2) is 12.8 Å². The number of hydrogen-bond donors (Lipinski definition) is 2. The topological polar surface area (TPSA) is 75.3 Å². The summed E-state index contributed by atoms with van der Waals surface area (Å²) in [4.78, 5) is 10.8. The zero-order valence-electron chi connectivity index (χ0n) is 9.54. The number of nitrogens with one attached hydrogen (secondary N) is 2. The molecule has 8 heteroatoms. The monoisotopic (exact) mass is 294 g/mol. The third kappa shape index (κ3) is 4.50. The highest BCUT2D eigenvalue weighted by molar-refractivity contribution is 7.92. The molecule has 2 N–H and O–H groups in total. The summed E-state index contributed by atoms with van der Waals surface area (Å²) in [5, 5.41) is 2.42. The van der Waals surface area contributed by atoms with Gasteiger partial charge in [-0.3, -0.25) is 9.52 Å². The molecule has 0 fully saturated rings. The largest absolute Gasteiger partial charge is 0.326 e. The van der Waals surface area contributed by atoms with E-state index in [1.807, 2.05) is 0 Å². The van der Waals surface area contributed by atoms with Crippen LogP contribution in [0.4, 0.5) is 15.8 Å². The summed E-state index contributed by atoms with van der Waals surface area (Å²) in [6.07, 6.45) is 0. The second kappa shape index (κ2) is 6.01. The maximum absolute atomic E-state index is 13.4. The zero-order chi connectivity index (χ0) is 13.8. The predicted molar refractivity (Wildman–Crippen MR) is 68.8 cm³/mol. The fraction of sp³-hybridized carbons (Fsp3) is 0.300. The number of alkyl halides is 1. The number of anilines is 2. The van der Waals surface area contributed by atoms with E-state index in [1.54, 1.807) is 0 Å². The molecule has 0 aliphatic heterocycles. The van der Waals surface area contributed by atoms with Gasteiger partial charge in [0, 0.05) is 18.5 Å². The number of sulfonamides is 1. The highest BCUT2D eigenvalue weighted by atomic mass is 35.5. The van der Waals surface area contributed by atoms with Crippen LogP contribution >= 0.6 is 11.6 Å². The Morgan fingerprint density at radius 1 is 1.44 bits per heavy atom. The highest BCUT2D eigenvalue weighted by Gasteiger charge is 2.13. The van der Waals surface area contributed by atoms with Crippen molar-refractivity contribution in [2.45, 2.75) is 6.92 Å². The molecular formula is C10H12ClFN2O3S. The summed E-state index contributed by atoms with van der Waals surface area (Å²) in [5.41, 5.74) is 0.0684. The number of carbonyl (C=O) groups excluding carboxylic acids is 1. The molecule has 0 heterocycles. The summed E-state index contributed by atoms with van der Waals surface area (Å²) < 4.78 is 38.3.